The fourth-order valence-electron chi connectivity index (χ4n) is 3.08. The Bertz CT molecular complexity index is 975. The molecule has 5 nitrogen and oxygen atoms in total. The molecule has 140 valence electrons. The normalized spacial score (nSPS) is 12.0. The number of carbonyl (C=O) groups excluding carboxylic acids is 1. The highest BCUT2D eigenvalue weighted by Crippen LogP contribution is 2.36. The Hall–Kier alpha value is -3.08. The van der Waals surface area contributed by atoms with Crippen molar-refractivity contribution < 1.29 is 19.1 Å². The minimum Gasteiger partial charge on any atom is -0.507 e. The van der Waals surface area contributed by atoms with Gasteiger partial charge in [-0.05, 0) is 24.1 Å². The van der Waals surface area contributed by atoms with Crippen molar-refractivity contribution in [3.8, 4) is 5.75 Å². The Kier molecular flexibility index (Phi) is 5.91. The maximum Gasteiger partial charge on any atom is 0.343 e. The molecule has 0 aliphatic heterocycles. The standard InChI is InChI=1S/C22H22O5/c1-2-3-13-26-19(23)14-17(15-9-5-4-6-10-15)20-21(24)16-11-7-8-12-18(16)27-22(20)25/h4-12,17,24H,2-3,13-14H2,1H3. The second-order valence-electron chi connectivity index (χ2n) is 6.39. The molecule has 0 radical (unpaired) electrons. The summed E-state index contributed by atoms with van der Waals surface area (Å²) >= 11 is 0. The molecule has 1 aromatic heterocycles. The maximum atomic E-state index is 12.6. The van der Waals surface area contributed by atoms with Crippen LogP contribution in [0.25, 0.3) is 11.0 Å². The average molecular weight is 366 g/mol. The van der Waals surface area contributed by atoms with Crippen molar-refractivity contribution in [3.05, 3.63) is 76.1 Å². The van der Waals surface area contributed by atoms with Gasteiger partial charge >= 0.3 is 11.6 Å². The number of unbranched alkanes of at least 4 members (excludes halogenated alkanes) is 1. The molecule has 5 heteroatoms. The molecule has 3 aromatic rings. The van der Waals surface area contributed by atoms with Gasteiger partial charge in [0.05, 0.1) is 24.0 Å². The lowest BCUT2D eigenvalue weighted by Crippen LogP contribution is -2.18. The summed E-state index contributed by atoms with van der Waals surface area (Å²) in [5, 5.41) is 11.2. The number of ether oxygens (including phenoxy) is 1. The van der Waals surface area contributed by atoms with Gasteiger partial charge < -0.3 is 14.3 Å². The van der Waals surface area contributed by atoms with Gasteiger partial charge in [0, 0.05) is 5.92 Å². The smallest absolute Gasteiger partial charge is 0.343 e. The molecule has 0 fully saturated rings. The largest absolute Gasteiger partial charge is 0.507 e. The van der Waals surface area contributed by atoms with Gasteiger partial charge in [-0.25, -0.2) is 4.79 Å². The van der Waals surface area contributed by atoms with Gasteiger partial charge in [-0.1, -0.05) is 55.8 Å². The predicted octanol–water partition coefficient (Wildman–Crippen LogP) is 4.36. The number of rotatable bonds is 7. The minimum atomic E-state index is -0.652. The summed E-state index contributed by atoms with van der Waals surface area (Å²) in [5.74, 6) is -1.22. The van der Waals surface area contributed by atoms with Crippen molar-refractivity contribution in [2.24, 2.45) is 0 Å². The van der Waals surface area contributed by atoms with Gasteiger partial charge in [-0.15, -0.1) is 0 Å². The summed E-state index contributed by atoms with van der Waals surface area (Å²) in [6, 6.07) is 15.9. The van der Waals surface area contributed by atoms with E-state index in [0.29, 0.717) is 17.6 Å². The summed E-state index contributed by atoms with van der Waals surface area (Å²) in [7, 11) is 0. The molecule has 0 aliphatic rings. The van der Waals surface area contributed by atoms with Crippen LogP contribution in [0.1, 0.15) is 43.2 Å². The SMILES string of the molecule is CCCCOC(=O)CC(c1ccccc1)c1c(O)c2ccccc2oc1=O. The zero-order valence-corrected chi connectivity index (χ0v) is 15.2. The van der Waals surface area contributed by atoms with E-state index in [4.69, 9.17) is 9.15 Å². The van der Waals surface area contributed by atoms with Gasteiger partial charge in [-0.2, -0.15) is 0 Å². The van der Waals surface area contributed by atoms with Crippen LogP contribution in [0.5, 0.6) is 5.75 Å². The first-order valence-corrected chi connectivity index (χ1v) is 9.07. The number of benzene rings is 2. The Balaban J connectivity index is 2.04. The lowest BCUT2D eigenvalue weighted by Gasteiger charge is -2.18. The number of hydrogen-bond acceptors (Lipinski definition) is 5. The molecule has 0 bridgehead atoms. The van der Waals surface area contributed by atoms with Gasteiger partial charge in [0.1, 0.15) is 11.3 Å². The lowest BCUT2D eigenvalue weighted by atomic mass is 9.88. The highest BCUT2D eigenvalue weighted by Gasteiger charge is 2.27. The van der Waals surface area contributed by atoms with E-state index in [2.05, 4.69) is 0 Å². The molecule has 0 aliphatic carbocycles. The zero-order chi connectivity index (χ0) is 19.2. The number of aromatic hydroxyl groups is 1. The third kappa shape index (κ3) is 4.19. The predicted molar refractivity (Wildman–Crippen MR) is 103 cm³/mol. The number of carbonyl (C=O) groups is 1. The van der Waals surface area contributed by atoms with Crippen molar-refractivity contribution in [1.29, 1.82) is 0 Å². The summed E-state index contributed by atoms with van der Waals surface area (Å²) in [6.45, 7) is 2.36. The minimum absolute atomic E-state index is 0.0512. The fraction of sp³-hybridized carbons (Fsp3) is 0.273. The molecule has 1 atom stereocenters. The molecule has 0 amide bonds. The second kappa shape index (κ2) is 8.54. The van der Waals surface area contributed by atoms with Gasteiger partial charge in [0.25, 0.3) is 0 Å². The number of hydrogen-bond donors (Lipinski definition) is 1. The Morgan fingerprint density at radius 2 is 1.81 bits per heavy atom. The average Bonchev–Trinajstić information content (AvgIpc) is 2.68. The van der Waals surface area contributed by atoms with Crippen molar-refractivity contribution in [3.63, 3.8) is 0 Å². The van der Waals surface area contributed by atoms with Crippen molar-refractivity contribution in [2.75, 3.05) is 6.61 Å². The van der Waals surface area contributed by atoms with E-state index in [1.807, 2.05) is 37.3 Å². The molecular formula is C22H22O5. The Labute approximate surface area is 157 Å². The molecule has 3 rings (SSSR count). The van der Waals surface area contributed by atoms with E-state index in [-0.39, 0.29) is 17.7 Å². The summed E-state index contributed by atoms with van der Waals surface area (Å²) in [5.41, 5.74) is 0.470. The first kappa shape index (κ1) is 18.7. The third-order valence-electron chi connectivity index (χ3n) is 4.50. The molecular weight excluding hydrogens is 344 g/mol. The van der Waals surface area contributed by atoms with Crippen molar-refractivity contribution in [1.82, 2.24) is 0 Å². The zero-order valence-electron chi connectivity index (χ0n) is 15.2. The van der Waals surface area contributed by atoms with Crippen LogP contribution >= 0.6 is 0 Å². The summed E-state index contributed by atoms with van der Waals surface area (Å²) in [4.78, 5) is 25.0. The topological polar surface area (TPSA) is 76.7 Å². The molecule has 1 heterocycles. The molecule has 0 spiro atoms. The summed E-state index contributed by atoms with van der Waals surface area (Å²) in [6.07, 6.45) is 1.65. The number of fused-ring (bicyclic) bond motifs is 1. The molecule has 27 heavy (non-hydrogen) atoms. The van der Waals surface area contributed by atoms with Crippen LogP contribution in [0.3, 0.4) is 0 Å². The second-order valence-corrected chi connectivity index (χ2v) is 6.39. The fourth-order valence-corrected chi connectivity index (χ4v) is 3.08. The van der Waals surface area contributed by atoms with Crippen LogP contribution in [0, 0.1) is 0 Å². The molecule has 0 saturated heterocycles. The van der Waals surface area contributed by atoms with Gasteiger partial charge in [0.15, 0.2) is 0 Å². The Morgan fingerprint density at radius 3 is 2.56 bits per heavy atom. The van der Waals surface area contributed by atoms with E-state index >= 15 is 0 Å². The maximum absolute atomic E-state index is 12.6. The van der Waals surface area contributed by atoms with Crippen LogP contribution in [-0.2, 0) is 9.53 Å². The van der Waals surface area contributed by atoms with Crippen LogP contribution in [0.4, 0.5) is 0 Å². The molecule has 2 aromatic carbocycles. The van der Waals surface area contributed by atoms with Crippen molar-refractivity contribution >= 4 is 16.9 Å². The van der Waals surface area contributed by atoms with Crippen LogP contribution in [-0.4, -0.2) is 17.7 Å². The highest BCUT2D eigenvalue weighted by atomic mass is 16.5. The van der Waals surface area contributed by atoms with Crippen molar-refractivity contribution in [2.45, 2.75) is 32.1 Å². The van der Waals surface area contributed by atoms with Gasteiger partial charge in [-0.3, -0.25) is 4.79 Å². The van der Waals surface area contributed by atoms with E-state index in [1.165, 1.54) is 0 Å². The lowest BCUT2D eigenvalue weighted by molar-refractivity contribution is -0.144. The Morgan fingerprint density at radius 1 is 1.11 bits per heavy atom. The van der Waals surface area contributed by atoms with E-state index < -0.39 is 17.5 Å². The monoisotopic (exact) mass is 366 g/mol. The highest BCUT2D eigenvalue weighted by molar-refractivity contribution is 5.84. The van der Waals surface area contributed by atoms with E-state index in [1.54, 1.807) is 24.3 Å². The third-order valence-corrected chi connectivity index (χ3v) is 4.50. The van der Waals surface area contributed by atoms with E-state index in [0.717, 1.165) is 18.4 Å². The number of para-hydroxylation sites is 1. The molecule has 1 N–H and O–H groups in total. The quantitative estimate of drug-likeness (QED) is 0.382. The molecule has 0 saturated carbocycles. The first-order chi connectivity index (χ1) is 13.1. The van der Waals surface area contributed by atoms with Crippen LogP contribution in [0.15, 0.2) is 63.8 Å². The summed E-state index contributed by atoms with van der Waals surface area (Å²) < 4.78 is 10.7. The van der Waals surface area contributed by atoms with Gasteiger partial charge in [0.2, 0.25) is 0 Å². The number of esters is 1. The van der Waals surface area contributed by atoms with Crippen LogP contribution < -0.4 is 5.63 Å². The van der Waals surface area contributed by atoms with Crippen LogP contribution in [0.2, 0.25) is 0 Å². The first-order valence-electron chi connectivity index (χ1n) is 9.07. The molecule has 1 unspecified atom stereocenters. The van der Waals surface area contributed by atoms with E-state index in [9.17, 15) is 14.7 Å².